The molecule has 20 heavy (non-hydrogen) atoms. The Balaban J connectivity index is 2.18. The molecule has 0 fully saturated rings. The first-order chi connectivity index (χ1) is 9.36. The summed E-state index contributed by atoms with van der Waals surface area (Å²) in [5.74, 6) is 0.173. The van der Waals surface area contributed by atoms with Crippen molar-refractivity contribution in [2.24, 2.45) is 0 Å². The van der Waals surface area contributed by atoms with Gasteiger partial charge in [-0.15, -0.1) is 0 Å². The standard InChI is InChI=1S/C14H12ClF3N2/c1-9(10-3-2-4-12(15)7-10)20-13-8-11(5-6-19-13)14(16,17)18/h2-9H,1H3,(H,19,20). The Morgan fingerprint density at radius 2 is 1.95 bits per heavy atom. The predicted molar refractivity (Wildman–Crippen MR) is 72.7 cm³/mol. The number of hydrogen-bond donors (Lipinski definition) is 1. The lowest BCUT2D eigenvalue weighted by Crippen LogP contribution is -2.10. The van der Waals surface area contributed by atoms with Crippen molar-refractivity contribution in [2.45, 2.75) is 19.1 Å². The fourth-order valence-corrected chi connectivity index (χ4v) is 1.97. The number of benzene rings is 1. The second-order valence-corrected chi connectivity index (χ2v) is 4.78. The van der Waals surface area contributed by atoms with Crippen LogP contribution in [0.2, 0.25) is 5.02 Å². The van der Waals surface area contributed by atoms with Gasteiger partial charge in [-0.2, -0.15) is 13.2 Å². The largest absolute Gasteiger partial charge is 0.416 e. The van der Waals surface area contributed by atoms with Crippen molar-refractivity contribution < 1.29 is 13.2 Å². The van der Waals surface area contributed by atoms with Crippen LogP contribution in [0.25, 0.3) is 0 Å². The van der Waals surface area contributed by atoms with E-state index >= 15 is 0 Å². The van der Waals surface area contributed by atoms with Crippen molar-refractivity contribution in [3.63, 3.8) is 0 Å². The van der Waals surface area contributed by atoms with Gasteiger partial charge in [0.1, 0.15) is 5.82 Å². The first-order valence-corrected chi connectivity index (χ1v) is 6.29. The van der Waals surface area contributed by atoms with Crippen LogP contribution < -0.4 is 5.32 Å². The number of nitrogens with one attached hydrogen (secondary N) is 1. The fraction of sp³-hybridized carbons (Fsp3) is 0.214. The Kier molecular flexibility index (Phi) is 4.18. The van der Waals surface area contributed by atoms with Gasteiger partial charge in [0.15, 0.2) is 0 Å². The third-order valence-corrected chi connectivity index (χ3v) is 3.04. The predicted octanol–water partition coefficient (Wildman–Crippen LogP) is 4.93. The van der Waals surface area contributed by atoms with E-state index in [1.165, 1.54) is 0 Å². The molecule has 0 aliphatic rings. The van der Waals surface area contributed by atoms with Gasteiger partial charge in [-0.25, -0.2) is 4.98 Å². The highest BCUT2D eigenvalue weighted by atomic mass is 35.5. The minimum atomic E-state index is -4.38. The van der Waals surface area contributed by atoms with E-state index in [2.05, 4.69) is 10.3 Å². The zero-order valence-corrected chi connectivity index (χ0v) is 11.3. The normalized spacial score (nSPS) is 13.1. The van der Waals surface area contributed by atoms with E-state index in [0.29, 0.717) is 5.02 Å². The molecule has 1 aromatic heterocycles. The number of hydrogen-bond acceptors (Lipinski definition) is 2. The van der Waals surface area contributed by atoms with E-state index in [1.807, 2.05) is 13.0 Å². The molecule has 0 saturated heterocycles. The van der Waals surface area contributed by atoms with Gasteiger partial charge in [-0.1, -0.05) is 23.7 Å². The highest BCUT2D eigenvalue weighted by Crippen LogP contribution is 2.30. The molecule has 1 aromatic carbocycles. The molecule has 1 heterocycles. The number of rotatable bonds is 3. The molecule has 106 valence electrons. The summed E-state index contributed by atoms with van der Waals surface area (Å²) < 4.78 is 37.8. The summed E-state index contributed by atoms with van der Waals surface area (Å²) in [6.07, 6.45) is -3.24. The highest BCUT2D eigenvalue weighted by molar-refractivity contribution is 6.30. The van der Waals surface area contributed by atoms with Crippen molar-refractivity contribution in [3.05, 3.63) is 58.7 Å². The SMILES string of the molecule is CC(Nc1cc(C(F)(F)F)ccn1)c1cccc(Cl)c1. The van der Waals surface area contributed by atoms with Crippen molar-refractivity contribution >= 4 is 17.4 Å². The molecule has 2 rings (SSSR count). The van der Waals surface area contributed by atoms with E-state index in [-0.39, 0.29) is 11.9 Å². The first kappa shape index (κ1) is 14.7. The molecule has 0 saturated carbocycles. The molecular weight excluding hydrogens is 289 g/mol. The zero-order chi connectivity index (χ0) is 14.8. The minimum Gasteiger partial charge on any atom is -0.364 e. The van der Waals surface area contributed by atoms with Gasteiger partial charge in [0.05, 0.1) is 5.56 Å². The lowest BCUT2D eigenvalue weighted by Gasteiger charge is -2.16. The molecule has 0 aliphatic carbocycles. The molecule has 1 atom stereocenters. The Morgan fingerprint density at radius 1 is 1.20 bits per heavy atom. The lowest BCUT2D eigenvalue weighted by atomic mass is 10.1. The van der Waals surface area contributed by atoms with Crippen LogP contribution >= 0.6 is 11.6 Å². The monoisotopic (exact) mass is 300 g/mol. The average molecular weight is 301 g/mol. The quantitative estimate of drug-likeness (QED) is 0.869. The molecule has 0 bridgehead atoms. The van der Waals surface area contributed by atoms with Crippen molar-refractivity contribution in [1.29, 1.82) is 0 Å². The fourth-order valence-electron chi connectivity index (χ4n) is 1.77. The summed E-state index contributed by atoms with van der Waals surface area (Å²) in [5, 5.41) is 3.51. The molecule has 1 unspecified atom stereocenters. The molecule has 6 heteroatoms. The first-order valence-electron chi connectivity index (χ1n) is 5.91. The van der Waals surface area contributed by atoms with E-state index in [4.69, 9.17) is 11.6 Å². The lowest BCUT2D eigenvalue weighted by molar-refractivity contribution is -0.137. The minimum absolute atomic E-state index is 0.173. The van der Waals surface area contributed by atoms with Gasteiger partial charge in [-0.3, -0.25) is 0 Å². The Labute approximate surface area is 119 Å². The Morgan fingerprint density at radius 3 is 2.60 bits per heavy atom. The van der Waals surface area contributed by atoms with E-state index < -0.39 is 11.7 Å². The average Bonchev–Trinajstić information content (AvgIpc) is 2.38. The number of pyridine rings is 1. The van der Waals surface area contributed by atoms with Gasteiger partial charge < -0.3 is 5.32 Å². The van der Waals surface area contributed by atoms with Crippen LogP contribution in [0.3, 0.4) is 0 Å². The molecule has 0 amide bonds. The molecular formula is C14H12ClF3N2. The molecule has 0 aliphatic heterocycles. The third kappa shape index (κ3) is 3.63. The summed E-state index contributed by atoms with van der Waals surface area (Å²) in [6.45, 7) is 1.83. The van der Waals surface area contributed by atoms with Crippen LogP contribution in [-0.2, 0) is 6.18 Å². The van der Waals surface area contributed by atoms with Gasteiger partial charge >= 0.3 is 6.18 Å². The van der Waals surface area contributed by atoms with Crippen LogP contribution in [0.15, 0.2) is 42.6 Å². The second-order valence-electron chi connectivity index (χ2n) is 4.35. The van der Waals surface area contributed by atoms with Crippen molar-refractivity contribution in [1.82, 2.24) is 4.98 Å². The highest BCUT2D eigenvalue weighted by Gasteiger charge is 2.30. The maximum absolute atomic E-state index is 12.6. The summed E-state index contributed by atoms with van der Waals surface area (Å²) in [7, 11) is 0. The van der Waals surface area contributed by atoms with Crippen molar-refractivity contribution in [2.75, 3.05) is 5.32 Å². The summed E-state index contributed by atoms with van der Waals surface area (Å²) in [6, 6.07) is 8.85. The Hall–Kier alpha value is -1.75. The van der Waals surface area contributed by atoms with Crippen LogP contribution in [-0.4, -0.2) is 4.98 Å². The Bertz CT molecular complexity index is 599. The number of halogens is 4. The van der Waals surface area contributed by atoms with Crippen LogP contribution in [0.4, 0.5) is 19.0 Å². The van der Waals surface area contributed by atoms with Gasteiger partial charge in [0.25, 0.3) is 0 Å². The maximum Gasteiger partial charge on any atom is 0.416 e. The van der Waals surface area contributed by atoms with Crippen LogP contribution in [0, 0.1) is 0 Å². The summed E-state index contributed by atoms with van der Waals surface area (Å²) in [5.41, 5.74) is 0.144. The topological polar surface area (TPSA) is 24.9 Å². The number of nitrogens with zero attached hydrogens (tertiary/aromatic N) is 1. The van der Waals surface area contributed by atoms with Gasteiger partial charge in [0, 0.05) is 17.3 Å². The van der Waals surface area contributed by atoms with E-state index in [1.54, 1.807) is 18.2 Å². The summed E-state index contributed by atoms with van der Waals surface area (Å²) in [4.78, 5) is 3.90. The third-order valence-electron chi connectivity index (χ3n) is 2.80. The van der Waals surface area contributed by atoms with E-state index in [9.17, 15) is 13.2 Å². The molecule has 0 radical (unpaired) electrons. The molecule has 2 aromatic rings. The maximum atomic E-state index is 12.6. The second kappa shape index (κ2) is 5.71. The molecule has 0 spiro atoms. The molecule has 2 nitrogen and oxygen atoms in total. The van der Waals surface area contributed by atoms with E-state index in [0.717, 1.165) is 23.9 Å². The number of alkyl halides is 3. The van der Waals surface area contributed by atoms with Crippen LogP contribution in [0.5, 0.6) is 0 Å². The number of anilines is 1. The molecule has 1 N–H and O–H groups in total. The smallest absolute Gasteiger partial charge is 0.364 e. The van der Waals surface area contributed by atoms with Gasteiger partial charge in [-0.05, 0) is 36.8 Å². The number of aromatic nitrogens is 1. The summed E-state index contributed by atoms with van der Waals surface area (Å²) >= 11 is 5.88. The van der Waals surface area contributed by atoms with Crippen LogP contribution in [0.1, 0.15) is 24.1 Å². The zero-order valence-electron chi connectivity index (χ0n) is 10.6. The van der Waals surface area contributed by atoms with Crippen molar-refractivity contribution in [3.8, 4) is 0 Å². The van der Waals surface area contributed by atoms with Gasteiger partial charge in [0.2, 0.25) is 0 Å².